The number of carbonyl (C=O) groups excluding carboxylic acids is 1. The van der Waals surface area contributed by atoms with Crippen LogP contribution in [-0.4, -0.2) is 31.4 Å². The van der Waals surface area contributed by atoms with Gasteiger partial charge in [-0.05, 0) is 30.4 Å². The van der Waals surface area contributed by atoms with Crippen LogP contribution in [0.5, 0.6) is 0 Å². The number of methoxy groups -OCH3 is 1. The Hall–Kier alpha value is -0.750. The standard InChI is InChI=1S/C15H24N2O2S.ClH/c1-4-20-14-7-5-12(6-8-14)11(2)17-15(18)9-13(10-16)19-3;/h5-8,11,13H,4,9-10,16H2,1-3H3,(H,17,18);1H. The predicted octanol–water partition coefficient (Wildman–Crippen LogP) is 2.76. The van der Waals surface area contributed by atoms with Crippen molar-refractivity contribution in [2.45, 2.75) is 37.3 Å². The minimum atomic E-state index is -0.217. The van der Waals surface area contributed by atoms with Gasteiger partial charge in [-0.25, -0.2) is 0 Å². The van der Waals surface area contributed by atoms with Crippen molar-refractivity contribution < 1.29 is 9.53 Å². The van der Waals surface area contributed by atoms with Crippen LogP contribution in [0.2, 0.25) is 0 Å². The Bertz CT molecular complexity index is 411. The SMILES string of the molecule is CCSc1ccc(C(C)NC(=O)CC(CN)OC)cc1.Cl. The van der Waals surface area contributed by atoms with Crippen molar-refractivity contribution >= 4 is 30.1 Å². The van der Waals surface area contributed by atoms with E-state index in [9.17, 15) is 4.79 Å². The summed E-state index contributed by atoms with van der Waals surface area (Å²) in [5.41, 5.74) is 6.61. The van der Waals surface area contributed by atoms with E-state index in [4.69, 9.17) is 10.5 Å². The molecule has 0 bridgehead atoms. The number of benzene rings is 1. The number of carbonyl (C=O) groups is 1. The lowest BCUT2D eigenvalue weighted by Gasteiger charge is -2.17. The number of thioether (sulfide) groups is 1. The molecule has 1 aromatic rings. The highest BCUT2D eigenvalue weighted by atomic mass is 35.5. The molecule has 0 saturated carbocycles. The summed E-state index contributed by atoms with van der Waals surface area (Å²) in [6.07, 6.45) is 0.0757. The molecule has 1 aromatic carbocycles. The fourth-order valence-electron chi connectivity index (χ4n) is 1.87. The van der Waals surface area contributed by atoms with Gasteiger partial charge in [0.1, 0.15) is 0 Å². The van der Waals surface area contributed by atoms with E-state index in [1.807, 2.05) is 6.92 Å². The Morgan fingerprint density at radius 1 is 1.38 bits per heavy atom. The molecule has 21 heavy (non-hydrogen) atoms. The fraction of sp³-hybridized carbons (Fsp3) is 0.533. The maximum absolute atomic E-state index is 11.9. The molecule has 2 atom stereocenters. The van der Waals surface area contributed by atoms with Crippen LogP contribution >= 0.6 is 24.2 Å². The zero-order valence-electron chi connectivity index (χ0n) is 12.8. The number of nitrogens with two attached hydrogens (primary N) is 1. The number of ether oxygens (including phenoxy) is 1. The van der Waals surface area contributed by atoms with Crippen LogP contribution < -0.4 is 11.1 Å². The van der Waals surface area contributed by atoms with Crippen LogP contribution in [0.25, 0.3) is 0 Å². The molecule has 0 fully saturated rings. The van der Waals surface area contributed by atoms with Crippen LogP contribution in [0.3, 0.4) is 0 Å². The highest BCUT2D eigenvalue weighted by Crippen LogP contribution is 2.20. The molecule has 1 amide bonds. The van der Waals surface area contributed by atoms with Crippen molar-refractivity contribution in [3.63, 3.8) is 0 Å². The molecule has 0 aromatic heterocycles. The van der Waals surface area contributed by atoms with Gasteiger partial charge in [0.25, 0.3) is 0 Å². The van der Waals surface area contributed by atoms with E-state index in [0.29, 0.717) is 13.0 Å². The quantitative estimate of drug-likeness (QED) is 0.718. The molecule has 2 unspecified atom stereocenters. The Morgan fingerprint density at radius 2 is 2.00 bits per heavy atom. The molecular weight excluding hydrogens is 308 g/mol. The molecule has 6 heteroatoms. The normalized spacial score (nSPS) is 13.1. The average molecular weight is 333 g/mol. The van der Waals surface area contributed by atoms with Gasteiger partial charge < -0.3 is 15.8 Å². The van der Waals surface area contributed by atoms with E-state index in [2.05, 4.69) is 36.5 Å². The summed E-state index contributed by atoms with van der Waals surface area (Å²) < 4.78 is 5.11. The molecule has 0 radical (unpaired) electrons. The lowest BCUT2D eigenvalue weighted by Crippen LogP contribution is -2.33. The summed E-state index contributed by atoms with van der Waals surface area (Å²) >= 11 is 1.81. The third-order valence-corrected chi connectivity index (χ3v) is 3.97. The average Bonchev–Trinajstić information content (AvgIpc) is 2.45. The van der Waals surface area contributed by atoms with Gasteiger partial charge in [0.15, 0.2) is 0 Å². The van der Waals surface area contributed by atoms with Crippen LogP contribution in [-0.2, 0) is 9.53 Å². The van der Waals surface area contributed by atoms with Gasteiger partial charge in [-0.3, -0.25) is 4.79 Å². The van der Waals surface area contributed by atoms with Crippen LogP contribution in [0, 0.1) is 0 Å². The van der Waals surface area contributed by atoms with Gasteiger partial charge in [0.05, 0.1) is 18.6 Å². The number of halogens is 1. The summed E-state index contributed by atoms with van der Waals surface area (Å²) in [5.74, 6) is 1.02. The van der Waals surface area contributed by atoms with E-state index in [1.54, 1.807) is 18.9 Å². The van der Waals surface area contributed by atoms with E-state index in [0.717, 1.165) is 11.3 Å². The summed E-state index contributed by atoms with van der Waals surface area (Å²) in [5, 5.41) is 2.97. The second-order valence-corrected chi connectivity index (χ2v) is 5.93. The summed E-state index contributed by atoms with van der Waals surface area (Å²) in [7, 11) is 1.57. The fourth-order valence-corrected chi connectivity index (χ4v) is 2.53. The number of rotatable bonds is 8. The summed E-state index contributed by atoms with van der Waals surface area (Å²) in [4.78, 5) is 13.1. The Balaban J connectivity index is 0.00000400. The highest BCUT2D eigenvalue weighted by Gasteiger charge is 2.14. The zero-order valence-corrected chi connectivity index (χ0v) is 14.4. The van der Waals surface area contributed by atoms with E-state index >= 15 is 0 Å². The maximum atomic E-state index is 11.9. The molecule has 3 N–H and O–H groups in total. The lowest BCUT2D eigenvalue weighted by atomic mass is 10.1. The smallest absolute Gasteiger partial charge is 0.223 e. The number of amides is 1. The second kappa shape index (κ2) is 10.9. The monoisotopic (exact) mass is 332 g/mol. The van der Waals surface area contributed by atoms with Crippen molar-refractivity contribution in [3.05, 3.63) is 29.8 Å². The van der Waals surface area contributed by atoms with Crippen molar-refractivity contribution in [2.75, 3.05) is 19.4 Å². The number of nitrogens with one attached hydrogen (secondary N) is 1. The molecule has 4 nitrogen and oxygen atoms in total. The first kappa shape index (κ1) is 20.2. The van der Waals surface area contributed by atoms with Crippen LogP contribution in [0.4, 0.5) is 0 Å². The topological polar surface area (TPSA) is 64.4 Å². The molecule has 0 aliphatic carbocycles. The Morgan fingerprint density at radius 3 is 2.48 bits per heavy atom. The molecule has 0 spiro atoms. The molecule has 0 saturated heterocycles. The zero-order chi connectivity index (χ0) is 15.0. The van der Waals surface area contributed by atoms with Gasteiger partial charge in [-0.1, -0.05) is 19.1 Å². The van der Waals surface area contributed by atoms with E-state index in [-0.39, 0.29) is 30.5 Å². The Kier molecular flexibility index (Phi) is 10.5. The van der Waals surface area contributed by atoms with Crippen LogP contribution in [0.1, 0.15) is 31.9 Å². The highest BCUT2D eigenvalue weighted by molar-refractivity contribution is 7.99. The first-order valence-corrected chi connectivity index (χ1v) is 7.84. The first-order valence-electron chi connectivity index (χ1n) is 6.85. The van der Waals surface area contributed by atoms with Gasteiger partial charge in [-0.2, -0.15) is 0 Å². The van der Waals surface area contributed by atoms with Gasteiger partial charge in [0, 0.05) is 18.6 Å². The largest absolute Gasteiger partial charge is 0.380 e. The van der Waals surface area contributed by atoms with Gasteiger partial charge in [0.2, 0.25) is 5.91 Å². The minimum absolute atomic E-state index is 0. The number of hydrogen-bond acceptors (Lipinski definition) is 4. The van der Waals surface area contributed by atoms with Crippen molar-refractivity contribution in [1.29, 1.82) is 0 Å². The molecule has 0 aliphatic heterocycles. The molecule has 0 aliphatic rings. The Labute approximate surface area is 137 Å². The predicted molar refractivity (Wildman–Crippen MR) is 91.1 cm³/mol. The number of hydrogen-bond donors (Lipinski definition) is 2. The van der Waals surface area contributed by atoms with Crippen molar-refractivity contribution in [1.82, 2.24) is 5.32 Å². The van der Waals surface area contributed by atoms with Crippen LogP contribution in [0.15, 0.2) is 29.2 Å². The van der Waals surface area contributed by atoms with Gasteiger partial charge >= 0.3 is 0 Å². The molecule has 1 rings (SSSR count). The first-order chi connectivity index (χ1) is 9.60. The third kappa shape index (κ3) is 7.18. The third-order valence-electron chi connectivity index (χ3n) is 3.08. The molecule has 120 valence electrons. The van der Waals surface area contributed by atoms with Crippen molar-refractivity contribution in [3.8, 4) is 0 Å². The molecule has 0 heterocycles. The van der Waals surface area contributed by atoms with E-state index in [1.165, 1.54) is 4.90 Å². The molecular formula is C15H25ClN2O2S. The second-order valence-electron chi connectivity index (χ2n) is 4.59. The lowest BCUT2D eigenvalue weighted by molar-refractivity contribution is -0.124. The van der Waals surface area contributed by atoms with E-state index < -0.39 is 0 Å². The van der Waals surface area contributed by atoms with Crippen molar-refractivity contribution in [2.24, 2.45) is 5.73 Å². The minimum Gasteiger partial charge on any atom is -0.380 e. The summed E-state index contributed by atoms with van der Waals surface area (Å²) in [6, 6.07) is 8.27. The maximum Gasteiger partial charge on any atom is 0.223 e. The summed E-state index contributed by atoms with van der Waals surface area (Å²) in [6.45, 7) is 4.45. The van der Waals surface area contributed by atoms with Gasteiger partial charge in [-0.15, -0.1) is 24.2 Å².